The summed E-state index contributed by atoms with van der Waals surface area (Å²) in [5.41, 5.74) is 0. The van der Waals surface area contributed by atoms with Crippen LogP contribution in [0.15, 0.2) is 17.3 Å². The Balaban J connectivity index is 3.68. The van der Waals surface area contributed by atoms with Crippen molar-refractivity contribution in [3.63, 3.8) is 0 Å². The summed E-state index contributed by atoms with van der Waals surface area (Å²) in [6, 6.07) is 0. The maximum absolute atomic E-state index is 9.87. The Bertz CT molecular complexity index is 189. The molecule has 0 aliphatic heterocycles. The second kappa shape index (κ2) is 6.48. The summed E-state index contributed by atoms with van der Waals surface area (Å²) in [6.45, 7) is 2.00. The zero-order chi connectivity index (χ0) is 9.40. The molecule has 0 rings (SSSR count). The van der Waals surface area contributed by atoms with E-state index in [1.807, 2.05) is 6.92 Å². The number of aliphatic imine (C=N–C) groups is 1. The Labute approximate surface area is 70.6 Å². The summed E-state index contributed by atoms with van der Waals surface area (Å²) in [6.07, 6.45) is 4.05. The van der Waals surface area contributed by atoms with Crippen molar-refractivity contribution in [1.29, 1.82) is 0 Å². The summed E-state index contributed by atoms with van der Waals surface area (Å²) < 4.78 is 0. The quantitative estimate of drug-likeness (QED) is 0.290. The van der Waals surface area contributed by atoms with Crippen molar-refractivity contribution >= 4 is 6.21 Å². The van der Waals surface area contributed by atoms with E-state index in [0.717, 1.165) is 18.9 Å². The highest BCUT2D eigenvalue weighted by Crippen LogP contribution is 1.87. The van der Waals surface area contributed by atoms with Crippen LogP contribution in [0.25, 0.3) is 0 Å². The van der Waals surface area contributed by atoms with Crippen molar-refractivity contribution in [3.05, 3.63) is 22.4 Å². The molecule has 0 fully saturated rings. The number of hydrogen-bond donors (Lipinski definition) is 1. The molecule has 0 amide bonds. The molecule has 12 heavy (non-hydrogen) atoms. The van der Waals surface area contributed by atoms with Crippen LogP contribution in [0.3, 0.4) is 0 Å². The van der Waals surface area contributed by atoms with Gasteiger partial charge in [-0.3, -0.25) is 15.1 Å². The number of aliphatic hydroxyl groups excluding tert-OH is 1. The first-order chi connectivity index (χ1) is 5.68. The fourth-order valence-corrected chi connectivity index (χ4v) is 0.461. The SMILES string of the molecule is CCCC=N/C=C/C(O)[N+](=O)[O-]. The van der Waals surface area contributed by atoms with E-state index < -0.39 is 11.2 Å². The third-order valence-corrected chi connectivity index (χ3v) is 1.08. The van der Waals surface area contributed by atoms with Crippen LogP contribution in [-0.4, -0.2) is 22.5 Å². The van der Waals surface area contributed by atoms with Gasteiger partial charge in [0.1, 0.15) is 0 Å². The monoisotopic (exact) mass is 172 g/mol. The van der Waals surface area contributed by atoms with Gasteiger partial charge in [-0.25, -0.2) is 0 Å². The minimum Gasteiger partial charge on any atom is -0.330 e. The highest BCUT2D eigenvalue weighted by molar-refractivity contribution is 5.57. The lowest BCUT2D eigenvalue weighted by molar-refractivity contribution is -0.555. The van der Waals surface area contributed by atoms with Crippen LogP contribution >= 0.6 is 0 Å². The number of rotatable bonds is 5. The topological polar surface area (TPSA) is 75.7 Å². The van der Waals surface area contributed by atoms with E-state index >= 15 is 0 Å². The molecule has 1 atom stereocenters. The molecule has 0 radical (unpaired) electrons. The first-order valence-corrected chi connectivity index (χ1v) is 3.68. The number of unbranched alkanes of at least 4 members (excludes halogenated alkanes) is 1. The average molecular weight is 172 g/mol. The predicted molar refractivity (Wildman–Crippen MR) is 45.5 cm³/mol. The van der Waals surface area contributed by atoms with Crippen molar-refractivity contribution in [2.45, 2.75) is 26.0 Å². The minimum atomic E-state index is -1.65. The Morgan fingerprint density at radius 1 is 1.75 bits per heavy atom. The van der Waals surface area contributed by atoms with Crippen LogP contribution in [0.1, 0.15) is 19.8 Å². The fourth-order valence-electron chi connectivity index (χ4n) is 0.461. The van der Waals surface area contributed by atoms with Gasteiger partial charge in [-0.2, -0.15) is 0 Å². The lowest BCUT2D eigenvalue weighted by Gasteiger charge is -1.91. The lowest BCUT2D eigenvalue weighted by atomic mass is 10.4. The number of hydrogen-bond acceptors (Lipinski definition) is 4. The van der Waals surface area contributed by atoms with Crippen molar-refractivity contribution < 1.29 is 10.0 Å². The summed E-state index contributed by atoms with van der Waals surface area (Å²) >= 11 is 0. The molecular formula is C7H12N2O3. The van der Waals surface area contributed by atoms with Crippen LogP contribution in [0.4, 0.5) is 0 Å². The van der Waals surface area contributed by atoms with Gasteiger partial charge in [0.2, 0.25) is 0 Å². The van der Waals surface area contributed by atoms with Gasteiger partial charge in [0.05, 0.1) is 4.92 Å². The molecule has 0 saturated carbocycles. The molecular weight excluding hydrogens is 160 g/mol. The van der Waals surface area contributed by atoms with E-state index in [-0.39, 0.29) is 0 Å². The second-order valence-corrected chi connectivity index (χ2v) is 2.16. The number of nitrogens with zero attached hydrogens (tertiary/aromatic N) is 2. The highest BCUT2D eigenvalue weighted by Gasteiger charge is 2.07. The van der Waals surface area contributed by atoms with E-state index in [2.05, 4.69) is 4.99 Å². The fraction of sp³-hybridized carbons (Fsp3) is 0.571. The smallest absolute Gasteiger partial charge is 0.330 e. The predicted octanol–water partition coefficient (Wildman–Crippen LogP) is 0.966. The van der Waals surface area contributed by atoms with Gasteiger partial charge in [-0.05, 0) is 6.42 Å². The largest absolute Gasteiger partial charge is 0.334 e. The van der Waals surface area contributed by atoms with Crippen LogP contribution in [0.2, 0.25) is 0 Å². The van der Waals surface area contributed by atoms with Crippen LogP contribution in [0, 0.1) is 10.1 Å². The molecule has 0 aliphatic rings. The molecule has 1 unspecified atom stereocenters. The standard InChI is InChI=1S/C7H12N2O3/c1-2-3-5-8-6-4-7(10)9(11)12/h4-7,10H,2-3H2,1H3/b6-4+,8-5?. The van der Waals surface area contributed by atoms with Crippen molar-refractivity contribution in [3.8, 4) is 0 Å². The Hall–Kier alpha value is -1.23. The van der Waals surface area contributed by atoms with E-state index in [9.17, 15) is 10.1 Å². The van der Waals surface area contributed by atoms with E-state index in [1.54, 1.807) is 6.21 Å². The maximum Gasteiger partial charge on any atom is 0.334 e. The van der Waals surface area contributed by atoms with Gasteiger partial charge in [0.15, 0.2) is 0 Å². The second-order valence-electron chi connectivity index (χ2n) is 2.16. The molecule has 1 N–H and O–H groups in total. The summed E-state index contributed by atoms with van der Waals surface area (Å²) in [5, 5.41) is 18.5. The summed E-state index contributed by atoms with van der Waals surface area (Å²) in [4.78, 5) is 12.8. The van der Waals surface area contributed by atoms with Crippen LogP contribution in [-0.2, 0) is 0 Å². The molecule has 0 saturated heterocycles. The molecule has 0 aliphatic carbocycles. The van der Waals surface area contributed by atoms with Crippen molar-refractivity contribution in [2.75, 3.05) is 0 Å². The first kappa shape index (κ1) is 10.8. The van der Waals surface area contributed by atoms with Crippen molar-refractivity contribution in [2.24, 2.45) is 4.99 Å². The molecule has 0 aromatic carbocycles. The summed E-state index contributed by atoms with van der Waals surface area (Å²) in [5.74, 6) is 0. The summed E-state index contributed by atoms with van der Waals surface area (Å²) in [7, 11) is 0. The lowest BCUT2D eigenvalue weighted by Crippen LogP contribution is -2.14. The Kier molecular flexibility index (Phi) is 5.81. The highest BCUT2D eigenvalue weighted by atomic mass is 16.7. The van der Waals surface area contributed by atoms with Gasteiger partial charge < -0.3 is 5.11 Å². The Morgan fingerprint density at radius 2 is 2.42 bits per heavy atom. The molecule has 0 aromatic heterocycles. The van der Waals surface area contributed by atoms with Crippen LogP contribution < -0.4 is 0 Å². The minimum absolute atomic E-state index is 0.800. The third-order valence-electron chi connectivity index (χ3n) is 1.08. The molecule has 0 aromatic rings. The van der Waals surface area contributed by atoms with E-state index in [4.69, 9.17) is 5.11 Å². The van der Waals surface area contributed by atoms with Crippen molar-refractivity contribution in [1.82, 2.24) is 0 Å². The zero-order valence-electron chi connectivity index (χ0n) is 6.88. The molecule has 0 heterocycles. The van der Waals surface area contributed by atoms with E-state index in [1.165, 1.54) is 6.20 Å². The van der Waals surface area contributed by atoms with Crippen LogP contribution in [0.5, 0.6) is 0 Å². The normalized spacial score (nSPS) is 14.2. The molecule has 5 heteroatoms. The molecule has 5 nitrogen and oxygen atoms in total. The van der Waals surface area contributed by atoms with Gasteiger partial charge in [0.25, 0.3) is 0 Å². The first-order valence-electron chi connectivity index (χ1n) is 3.68. The van der Waals surface area contributed by atoms with E-state index in [0.29, 0.717) is 0 Å². The van der Waals surface area contributed by atoms with Gasteiger partial charge in [-0.15, -0.1) is 0 Å². The molecule has 0 spiro atoms. The Morgan fingerprint density at radius 3 is 2.92 bits per heavy atom. The third kappa shape index (κ3) is 5.55. The van der Waals surface area contributed by atoms with Gasteiger partial charge in [-0.1, -0.05) is 13.3 Å². The average Bonchev–Trinajstić information content (AvgIpc) is 2.03. The maximum atomic E-state index is 9.87. The number of aliphatic hydroxyl groups is 1. The van der Waals surface area contributed by atoms with Gasteiger partial charge in [0, 0.05) is 18.5 Å². The number of nitro groups is 1. The van der Waals surface area contributed by atoms with Gasteiger partial charge >= 0.3 is 6.23 Å². The zero-order valence-corrected chi connectivity index (χ0v) is 6.88. The molecule has 0 bridgehead atoms. The molecule has 68 valence electrons.